The van der Waals surface area contributed by atoms with Crippen molar-refractivity contribution in [3.05, 3.63) is 68.3 Å². The van der Waals surface area contributed by atoms with Crippen molar-refractivity contribution in [1.29, 1.82) is 0 Å². The highest BCUT2D eigenvalue weighted by atomic mass is 15.5. The number of rotatable bonds is 6. The van der Waals surface area contributed by atoms with E-state index in [2.05, 4.69) is 30.6 Å². The van der Waals surface area contributed by atoms with Gasteiger partial charge in [-0.1, -0.05) is 0 Å². The molecule has 0 unspecified atom stereocenters. The minimum absolute atomic E-state index is 0.343. The van der Waals surface area contributed by atoms with Crippen LogP contribution in [0, 0.1) is 83.1 Å². The summed E-state index contributed by atoms with van der Waals surface area (Å²) in [7, 11) is 0. The van der Waals surface area contributed by atoms with Crippen LogP contribution >= 0.6 is 0 Å². The molecule has 15 heteroatoms. The highest BCUT2D eigenvalue weighted by Gasteiger charge is 2.27. The van der Waals surface area contributed by atoms with Crippen LogP contribution in [-0.2, 0) is 0 Å². The van der Waals surface area contributed by atoms with Gasteiger partial charge in [0.05, 0.1) is 51.2 Å². The second-order valence-electron chi connectivity index (χ2n) is 12.5. The molecule has 7 aromatic rings. The number of aryl methyl sites for hydroxylation is 9. The van der Waals surface area contributed by atoms with Gasteiger partial charge in [0, 0.05) is 50.5 Å². The van der Waals surface area contributed by atoms with Crippen LogP contribution in [0.4, 0.5) is 0 Å². The number of H-pyrrole nitrogens is 3. The predicted octanol–water partition coefficient (Wildman–Crippen LogP) is 5.30. The number of aromatic nitrogens is 15. The van der Waals surface area contributed by atoms with Gasteiger partial charge in [0.25, 0.3) is 17.8 Å². The molecule has 0 saturated carbocycles. The number of nitrogens with zero attached hydrogens (tertiary/aromatic N) is 12. The van der Waals surface area contributed by atoms with Gasteiger partial charge in [-0.05, 0) is 83.1 Å². The lowest BCUT2D eigenvalue weighted by molar-refractivity contribution is 0.682. The summed E-state index contributed by atoms with van der Waals surface area (Å²) in [5, 5.41) is 37.4. The molecular formula is C33H39N15. The summed E-state index contributed by atoms with van der Waals surface area (Å²) in [4.78, 5) is 15.0. The topological polar surface area (TPSA) is 178 Å². The van der Waals surface area contributed by atoms with Crippen molar-refractivity contribution in [3.63, 3.8) is 0 Å². The van der Waals surface area contributed by atoms with E-state index in [-0.39, 0.29) is 0 Å². The zero-order chi connectivity index (χ0) is 34.3. The van der Waals surface area contributed by atoms with Crippen LogP contribution < -0.4 is 0 Å². The summed E-state index contributed by atoms with van der Waals surface area (Å²) in [5.41, 5.74) is 16.8. The zero-order valence-corrected chi connectivity index (χ0v) is 29.4. The fourth-order valence-corrected chi connectivity index (χ4v) is 6.98. The third-order valence-corrected chi connectivity index (χ3v) is 9.18. The Hall–Kier alpha value is -5.73. The van der Waals surface area contributed by atoms with Crippen LogP contribution in [0.1, 0.15) is 68.3 Å². The van der Waals surface area contributed by atoms with Crippen LogP contribution in [0.5, 0.6) is 0 Å². The summed E-state index contributed by atoms with van der Waals surface area (Å²) in [5.74, 6) is 1.03. The molecule has 0 aliphatic heterocycles. The maximum atomic E-state index is 5.00. The maximum absolute atomic E-state index is 5.00. The van der Waals surface area contributed by atoms with E-state index in [1.54, 1.807) is 14.0 Å². The van der Waals surface area contributed by atoms with Crippen LogP contribution in [-0.4, -0.2) is 74.9 Å². The van der Waals surface area contributed by atoms with Gasteiger partial charge in [0.2, 0.25) is 0 Å². The number of aromatic amines is 3. The van der Waals surface area contributed by atoms with Crippen molar-refractivity contribution in [2.75, 3.05) is 0 Å². The zero-order valence-electron chi connectivity index (χ0n) is 29.4. The first kappa shape index (κ1) is 30.9. The predicted molar refractivity (Wildman–Crippen MR) is 181 cm³/mol. The average Bonchev–Trinajstić information content (AvgIpc) is 3.85. The Morgan fingerprint density at radius 1 is 0.333 bits per heavy atom. The molecule has 0 atom stereocenters. The van der Waals surface area contributed by atoms with Crippen molar-refractivity contribution in [1.82, 2.24) is 74.9 Å². The van der Waals surface area contributed by atoms with E-state index in [1.807, 2.05) is 83.1 Å². The van der Waals surface area contributed by atoms with Crippen LogP contribution in [0.3, 0.4) is 0 Å². The smallest absolute Gasteiger partial charge is 0.257 e. The van der Waals surface area contributed by atoms with Gasteiger partial charge < -0.3 is 0 Å². The Kier molecular flexibility index (Phi) is 7.03. The maximum Gasteiger partial charge on any atom is 0.257 e. The normalized spacial score (nSPS) is 11.8. The van der Waals surface area contributed by atoms with Gasteiger partial charge in [-0.25, -0.2) is 14.0 Å². The molecule has 3 N–H and O–H groups in total. The second-order valence-corrected chi connectivity index (χ2v) is 12.5. The molecule has 246 valence electrons. The van der Waals surface area contributed by atoms with Gasteiger partial charge in [-0.15, -0.1) is 0 Å². The summed E-state index contributed by atoms with van der Waals surface area (Å²) in [6, 6.07) is 0. The minimum Gasteiger partial charge on any atom is -0.282 e. The average molecular weight is 646 g/mol. The SMILES string of the molecule is Cc1n[nH]c(C)c1-c1c(C)nn(-c2nc(-n3nc(C)c(-c4c(C)n[nH]c4C)c3C)nc(-n3nc(C)c(-c4c(C)n[nH]c4C)c3C)n2)c1C. The quantitative estimate of drug-likeness (QED) is 0.216. The molecule has 0 fully saturated rings. The van der Waals surface area contributed by atoms with E-state index in [0.717, 1.165) is 102 Å². The number of hydrogen-bond donors (Lipinski definition) is 3. The molecule has 15 nitrogen and oxygen atoms in total. The third-order valence-electron chi connectivity index (χ3n) is 9.18. The van der Waals surface area contributed by atoms with Crippen molar-refractivity contribution in [2.45, 2.75) is 83.1 Å². The molecule has 0 aromatic carbocycles. The summed E-state index contributed by atoms with van der Waals surface area (Å²) in [6.07, 6.45) is 0. The van der Waals surface area contributed by atoms with Gasteiger partial charge in [0.15, 0.2) is 0 Å². The Morgan fingerprint density at radius 3 is 0.792 bits per heavy atom. The largest absolute Gasteiger partial charge is 0.282 e. The molecule has 0 radical (unpaired) electrons. The monoisotopic (exact) mass is 645 g/mol. The Balaban J connectivity index is 1.48. The Morgan fingerprint density at radius 2 is 0.583 bits per heavy atom. The van der Waals surface area contributed by atoms with E-state index in [9.17, 15) is 0 Å². The lowest BCUT2D eigenvalue weighted by atomic mass is 10.0. The fourth-order valence-electron chi connectivity index (χ4n) is 6.98. The van der Waals surface area contributed by atoms with Gasteiger partial charge in [-0.3, -0.25) is 15.3 Å². The van der Waals surface area contributed by atoms with Crippen molar-refractivity contribution in [2.24, 2.45) is 0 Å². The first-order chi connectivity index (χ1) is 22.8. The molecule has 0 aliphatic carbocycles. The molecule has 7 rings (SSSR count). The number of nitrogens with one attached hydrogen (secondary N) is 3. The molecule has 0 amide bonds. The molecule has 48 heavy (non-hydrogen) atoms. The lowest BCUT2D eigenvalue weighted by Crippen LogP contribution is -2.17. The summed E-state index contributed by atoms with van der Waals surface area (Å²) >= 11 is 0. The van der Waals surface area contributed by atoms with Gasteiger partial charge >= 0.3 is 0 Å². The summed E-state index contributed by atoms with van der Waals surface area (Å²) in [6.45, 7) is 24.0. The highest BCUT2D eigenvalue weighted by molar-refractivity contribution is 5.75. The standard InChI is InChI=1S/C33H39N15/c1-13-25(14(2)38-37-13)28-19(7)43-46(22(28)10)31-34-32(47-23(11)29(20(8)44-47)26-15(3)39-40-16(26)4)36-33(35-31)48-24(12)30(21(9)45-48)27-17(5)41-42-18(27)6/h1-12H3,(H,37,38)(H,39,40)(H,41,42). The Labute approximate surface area is 277 Å². The van der Waals surface area contributed by atoms with Crippen molar-refractivity contribution in [3.8, 4) is 51.2 Å². The van der Waals surface area contributed by atoms with Crippen molar-refractivity contribution < 1.29 is 0 Å². The third kappa shape index (κ3) is 4.52. The van der Waals surface area contributed by atoms with Gasteiger partial charge in [0.1, 0.15) is 0 Å². The fraction of sp³-hybridized carbons (Fsp3) is 0.364. The van der Waals surface area contributed by atoms with Crippen LogP contribution in [0.15, 0.2) is 0 Å². The van der Waals surface area contributed by atoms with Crippen LogP contribution in [0.25, 0.3) is 51.2 Å². The van der Waals surface area contributed by atoms with Crippen LogP contribution in [0.2, 0.25) is 0 Å². The highest BCUT2D eigenvalue weighted by Crippen LogP contribution is 2.35. The Bertz CT molecular complexity index is 2050. The lowest BCUT2D eigenvalue weighted by Gasteiger charge is -2.11. The number of hydrogen-bond acceptors (Lipinski definition) is 9. The summed E-state index contributed by atoms with van der Waals surface area (Å²) < 4.78 is 5.29. The second kappa shape index (κ2) is 10.9. The molecule has 7 aromatic heterocycles. The molecule has 0 saturated heterocycles. The first-order valence-corrected chi connectivity index (χ1v) is 15.8. The first-order valence-electron chi connectivity index (χ1n) is 15.8. The molecule has 0 spiro atoms. The van der Waals surface area contributed by atoms with Gasteiger partial charge in [-0.2, -0.15) is 45.5 Å². The van der Waals surface area contributed by atoms with E-state index >= 15 is 0 Å². The van der Waals surface area contributed by atoms with E-state index in [1.165, 1.54) is 0 Å². The molecule has 0 aliphatic rings. The van der Waals surface area contributed by atoms with E-state index in [4.69, 9.17) is 30.2 Å². The van der Waals surface area contributed by atoms with Crippen molar-refractivity contribution >= 4 is 0 Å². The molecule has 0 bridgehead atoms. The van der Waals surface area contributed by atoms with E-state index in [0.29, 0.717) is 17.8 Å². The molecular weight excluding hydrogens is 606 g/mol. The van der Waals surface area contributed by atoms with E-state index < -0.39 is 0 Å². The molecule has 7 heterocycles. The minimum atomic E-state index is 0.343.